The molecule has 1 aromatic rings. The molecule has 0 N–H and O–H groups in total. The van der Waals surface area contributed by atoms with E-state index in [1.807, 2.05) is 18.2 Å². The summed E-state index contributed by atoms with van der Waals surface area (Å²) >= 11 is 0. The van der Waals surface area contributed by atoms with E-state index < -0.39 is 5.60 Å². The summed E-state index contributed by atoms with van der Waals surface area (Å²) in [5.41, 5.74) is 1.12. The molecule has 0 aliphatic heterocycles. The fourth-order valence-electron chi connectivity index (χ4n) is 8.19. The molecule has 0 aromatic heterocycles. The van der Waals surface area contributed by atoms with E-state index in [4.69, 9.17) is 15.9 Å². The van der Waals surface area contributed by atoms with E-state index in [0.29, 0.717) is 23.3 Å². The van der Waals surface area contributed by atoms with Crippen LogP contribution in [0.5, 0.6) is 0 Å². The molecular formula is C30H36O4. The van der Waals surface area contributed by atoms with Crippen molar-refractivity contribution < 1.29 is 19.1 Å². The highest BCUT2D eigenvalue weighted by atomic mass is 16.6. The molecule has 0 unspecified atom stereocenters. The number of hydrogen-bond donors (Lipinski definition) is 0. The first-order valence-electron chi connectivity index (χ1n) is 12.9. The Balaban J connectivity index is 1.40. The summed E-state index contributed by atoms with van der Waals surface area (Å²) in [6, 6.07) is 9.18. The van der Waals surface area contributed by atoms with Crippen LogP contribution in [0.4, 0.5) is 0 Å². The van der Waals surface area contributed by atoms with Crippen molar-refractivity contribution in [1.29, 1.82) is 0 Å². The maximum absolute atomic E-state index is 13.0. The summed E-state index contributed by atoms with van der Waals surface area (Å²) in [6.07, 6.45) is 16.3. The Morgan fingerprint density at radius 2 is 1.76 bits per heavy atom. The normalized spacial score (nSPS) is 40.6. The van der Waals surface area contributed by atoms with Crippen molar-refractivity contribution in [3.8, 4) is 12.3 Å². The van der Waals surface area contributed by atoms with Gasteiger partial charge in [0.05, 0.1) is 5.56 Å². The fourth-order valence-corrected chi connectivity index (χ4v) is 8.19. The van der Waals surface area contributed by atoms with Gasteiger partial charge in [0, 0.05) is 18.8 Å². The average Bonchev–Trinajstić information content (AvgIpc) is 3.12. The fraction of sp³-hybridized carbons (Fsp3) is 0.600. The number of carbonyl (C=O) groups excluding carboxylic acids is 2. The first kappa shape index (κ1) is 23.2. The van der Waals surface area contributed by atoms with Crippen molar-refractivity contribution in [2.45, 2.75) is 83.8 Å². The third-order valence-electron chi connectivity index (χ3n) is 10.0. The first-order valence-corrected chi connectivity index (χ1v) is 12.9. The van der Waals surface area contributed by atoms with Gasteiger partial charge in [-0.3, -0.25) is 4.79 Å². The minimum absolute atomic E-state index is 0.0141. The molecule has 4 nitrogen and oxygen atoms in total. The van der Waals surface area contributed by atoms with Gasteiger partial charge in [0.15, 0.2) is 5.60 Å². The van der Waals surface area contributed by atoms with Crippen LogP contribution in [0.2, 0.25) is 0 Å². The third kappa shape index (κ3) is 3.43. The molecule has 180 valence electrons. The smallest absolute Gasteiger partial charge is 0.339 e. The van der Waals surface area contributed by atoms with E-state index in [9.17, 15) is 9.59 Å². The lowest BCUT2D eigenvalue weighted by Gasteiger charge is -2.58. The van der Waals surface area contributed by atoms with Gasteiger partial charge in [0.25, 0.3) is 0 Å². The van der Waals surface area contributed by atoms with Crippen LogP contribution in [0.15, 0.2) is 42.0 Å². The van der Waals surface area contributed by atoms with Crippen molar-refractivity contribution in [1.82, 2.24) is 0 Å². The lowest BCUT2D eigenvalue weighted by atomic mass is 9.47. The number of ether oxygens (including phenoxy) is 2. The molecule has 3 saturated carbocycles. The number of rotatable bonds is 3. The topological polar surface area (TPSA) is 52.6 Å². The Labute approximate surface area is 203 Å². The summed E-state index contributed by atoms with van der Waals surface area (Å²) in [6.45, 7) is 6.21. The van der Waals surface area contributed by atoms with Crippen LogP contribution in [-0.4, -0.2) is 23.6 Å². The lowest BCUT2D eigenvalue weighted by Crippen LogP contribution is -2.55. The zero-order valence-corrected chi connectivity index (χ0v) is 20.6. The Hall–Kier alpha value is -2.54. The van der Waals surface area contributed by atoms with Gasteiger partial charge in [-0.2, -0.15) is 0 Å². The molecule has 34 heavy (non-hydrogen) atoms. The second-order valence-electron chi connectivity index (χ2n) is 11.5. The summed E-state index contributed by atoms with van der Waals surface area (Å²) in [7, 11) is 0. The molecule has 4 aliphatic carbocycles. The molecule has 0 amide bonds. The maximum Gasteiger partial charge on any atom is 0.339 e. The molecule has 4 aliphatic rings. The average molecular weight is 461 g/mol. The molecule has 3 fully saturated rings. The Morgan fingerprint density at radius 1 is 1.03 bits per heavy atom. The van der Waals surface area contributed by atoms with Crippen molar-refractivity contribution in [3.05, 3.63) is 47.5 Å². The summed E-state index contributed by atoms with van der Waals surface area (Å²) in [4.78, 5) is 24.5. The number of allylic oxidation sites excluding steroid dienone is 1. The van der Waals surface area contributed by atoms with Gasteiger partial charge in [0.1, 0.15) is 6.10 Å². The third-order valence-corrected chi connectivity index (χ3v) is 10.0. The number of hydrogen-bond acceptors (Lipinski definition) is 4. The Kier molecular flexibility index (Phi) is 5.66. The van der Waals surface area contributed by atoms with E-state index in [-0.39, 0.29) is 28.9 Å². The molecule has 0 radical (unpaired) electrons. The van der Waals surface area contributed by atoms with Crippen LogP contribution >= 0.6 is 0 Å². The van der Waals surface area contributed by atoms with Crippen molar-refractivity contribution in [2.75, 3.05) is 0 Å². The number of fused-ring (bicyclic) bond motifs is 5. The van der Waals surface area contributed by atoms with E-state index in [0.717, 1.165) is 51.4 Å². The van der Waals surface area contributed by atoms with Crippen LogP contribution in [0, 0.1) is 40.9 Å². The molecule has 0 spiro atoms. The van der Waals surface area contributed by atoms with Crippen molar-refractivity contribution in [2.24, 2.45) is 28.6 Å². The molecule has 1 aromatic carbocycles. The van der Waals surface area contributed by atoms with Crippen LogP contribution in [0.25, 0.3) is 0 Å². The largest absolute Gasteiger partial charge is 0.462 e. The molecule has 0 heterocycles. The zero-order valence-electron chi connectivity index (χ0n) is 20.6. The highest BCUT2D eigenvalue weighted by Crippen LogP contribution is 2.67. The van der Waals surface area contributed by atoms with Gasteiger partial charge >= 0.3 is 11.9 Å². The van der Waals surface area contributed by atoms with E-state index in [1.165, 1.54) is 12.5 Å². The van der Waals surface area contributed by atoms with Crippen LogP contribution in [0.3, 0.4) is 0 Å². The van der Waals surface area contributed by atoms with Crippen molar-refractivity contribution in [3.63, 3.8) is 0 Å². The Morgan fingerprint density at radius 3 is 2.47 bits per heavy atom. The van der Waals surface area contributed by atoms with Gasteiger partial charge in [-0.1, -0.05) is 49.6 Å². The first-order chi connectivity index (χ1) is 16.2. The second-order valence-corrected chi connectivity index (χ2v) is 11.5. The number of carbonyl (C=O) groups is 2. The number of benzene rings is 1. The standard InChI is InChI=1S/C30H36O4/c1-5-30(34-27(32)21-9-7-6-8-10-21)18-15-26-24-12-11-22-19-23(33-20(2)31)13-16-28(22,3)25(24)14-17-29(26,30)4/h1,6-11,23-26H,12-19H2,2-4H3/t23-,24-,25-,26-,28+,29+,30+/m1/s1. The molecular weight excluding hydrogens is 424 g/mol. The van der Waals surface area contributed by atoms with E-state index >= 15 is 0 Å². The Bertz CT molecular complexity index is 1050. The summed E-state index contributed by atoms with van der Waals surface area (Å²) in [5.74, 6) is 4.08. The van der Waals surface area contributed by atoms with E-state index in [1.54, 1.807) is 12.1 Å². The highest BCUT2D eigenvalue weighted by molar-refractivity contribution is 5.89. The summed E-state index contributed by atoms with van der Waals surface area (Å²) in [5, 5.41) is 0. The number of terminal acetylenes is 1. The predicted molar refractivity (Wildman–Crippen MR) is 131 cm³/mol. The SMILES string of the molecule is C#C[C@]1(OC(=O)c2ccccc2)CC[C@@H]2[C@@H]3CC=C4C[C@H](OC(C)=O)CC[C@]4(C)[C@@H]3CC[C@@]21C. The van der Waals surface area contributed by atoms with Gasteiger partial charge < -0.3 is 9.47 Å². The monoisotopic (exact) mass is 460 g/mol. The second kappa shape index (κ2) is 8.29. The molecule has 0 bridgehead atoms. The van der Waals surface area contributed by atoms with Crippen LogP contribution < -0.4 is 0 Å². The maximum atomic E-state index is 13.0. The van der Waals surface area contributed by atoms with Crippen LogP contribution in [0.1, 0.15) is 82.5 Å². The predicted octanol–water partition coefficient (Wildman–Crippen LogP) is 6.11. The lowest BCUT2D eigenvalue weighted by molar-refractivity contribution is -0.149. The van der Waals surface area contributed by atoms with E-state index in [2.05, 4.69) is 25.8 Å². The zero-order chi connectivity index (χ0) is 24.1. The summed E-state index contributed by atoms with van der Waals surface area (Å²) < 4.78 is 11.8. The number of esters is 2. The van der Waals surface area contributed by atoms with Gasteiger partial charge in [-0.15, -0.1) is 6.42 Å². The minimum Gasteiger partial charge on any atom is -0.462 e. The van der Waals surface area contributed by atoms with Gasteiger partial charge in [-0.05, 0) is 80.2 Å². The molecule has 0 saturated heterocycles. The van der Waals surface area contributed by atoms with Gasteiger partial charge in [0.2, 0.25) is 0 Å². The molecule has 7 atom stereocenters. The van der Waals surface area contributed by atoms with Gasteiger partial charge in [-0.25, -0.2) is 4.79 Å². The minimum atomic E-state index is -0.854. The quantitative estimate of drug-likeness (QED) is 0.310. The molecule has 4 heteroatoms. The van der Waals surface area contributed by atoms with Crippen LogP contribution in [-0.2, 0) is 14.3 Å². The van der Waals surface area contributed by atoms with Crippen molar-refractivity contribution >= 4 is 11.9 Å². The highest BCUT2D eigenvalue weighted by Gasteiger charge is 2.65. The molecule has 5 rings (SSSR count).